The van der Waals surface area contributed by atoms with Crippen molar-refractivity contribution in [3.63, 3.8) is 0 Å². The highest BCUT2D eigenvalue weighted by Gasteiger charge is 2.29. The Bertz CT molecular complexity index is 883. The van der Waals surface area contributed by atoms with Gasteiger partial charge in [-0.05, 0) is 74.8 Å². The van der Waals surface area contributed by atoms with Crippen molar-refractivity contribution in [2.24, 2.45) is 0 Å². The number of aryl methyl sites for hydroxylation is 1. The zero-order valence-corrected chi connectivity index (χ0v) is 21.6. The summed E-state index contributed by atoms with van der Waals surface area (Å²) < 4.78 is 5.82. The van der Waals surface area contributed by atoms with E-state index in [2.05, 4.69) is 96.7 Å². The molecule has 0 aliphatic carbocycles. The number of ether oxygens (including phenoxy) is 1. The monoisotopic (exact) mass is 412 g/mol. The molecule has 2 aromatic rings. The maximum Gasteiger partial charge on any atom is 0.122 e. The highest BCUT2D eigenvalue weighted by molar-refractivity contribution is 7.28. The Kier molecular flexibility index (Phi) is 7.27. The van der Waals surface area contributed by atoms with E-state index in [1.54, 1.807) is 7.11 Å². The predicted molar refractivity (Wildman–Crippen MR) is 133 cm³/mol. The molecule has 1 unspecified atom stereocenters. The first-order valence-electron chi connectivity index (χ1n) is 11.0. The molecule has 0 aliphatic rings. The molecule has 0 aliphatic heterocycles. The molecule has 0 fully saturated rings. The summed E-state index contributed by atoms with van der Waals surface area (Å²) in [6.07, 6.45) is 0. The molecule has 0 spiro atoms. The Morgan fingerprint density at radius 3 is 1.79 bits per heavy atom. The SMILES string of the molecule is COc1ccc(C)c(-c2c(C(C)C)cc(C(C)C)c(C(C)(C)C)c2P)c1C(C)C. The van der Waals surface area contributed by atoms with Crippen LogP contribution in [0.15, 0.2) is 18.2 Å². The standard InChI is InChI=1S/C27H41OP/c1-15(2)19-14-20(16(3)4)25(27(8,9)10)26(29)24(19)23-18(7)12-13-21(28-11)22(23)17(5)6/h12-17H,29H2,1-11H3. The van der Waals surface area contributed by atoms with E-state index in [4.69, 9.17) is 4.74 Å². The smallest absolute Gasteiger partial charge is 0.122 e. The van der Waals surface area contributed by atoms with E-state index < -0.39 is 0 Å². The summed E-state index contributed by atoms with van der Waals surface area (Å²) in [5.41, 5.74) is 9.83. The second-order valence-corrected chi connectivity index (χ2v) is 10.9. The van der Waals surface area contributed by atoms with Gasteiger partial charge in [-0.25, -0.2) is 0 Å². The lowest BCUT2D eigenvalue weighted by Crippen LogP contribution is -2.25. The molecule has 2 rings (SSSR count). The number of benzene rings is 2. The number of methoxy groups -OCH3 is 1. The van der Waals surface area contributed by atoms with E-state index in [9.17, 15) is 0 Å². The maximum atomic E-state index is 5.82. The Hall–Kier alpha value is -1.33. The third-order valence-corrected chi connectivity index (χ3v) is 6.46. The summed E-state index contributed by atoms with van der Waals surface area (Å²) in [5, 5.41) is 1.35. The molecule has 0 N–H and O–H groups in total. The van der Waals surface area contributed by atoms with Crippen LogP contribution in [0, 0.1) is 6.92 Å². The molecule has 0 bridgehead atoms. The minimum atomic E-state index is 0.0751. The molecule has 29 heavy (non-hydrogen) atoms. The van der Waals surface area contributed by atoms with E-state index in [0.29, 0.717) is 17.8 Å². The van der Waals surface area contributed by atoms with Gasteiger partial charge in [0.2, 0.25) is 0 Å². The highest BCUT2D eigenvalue weighted by Crippen LogP contribution is 2.44. The van der Waals surface area contributed by atoms with E-state index in [-0.39, 0.29) is 5.41 Å². The Balaban J connectivity index is 3.13. The van der Waals surface area contributed by atoms with E-state index in [0.717, 1.165) is 5.75 Å². The molecule has 2 heteroatoms. The third kappa shape index (κ3) is 4.56. The second-order valence-electron chi connectivity index (χ2n) is 10.3. The molecular formula is C27H41OP. The van der Waals surface area contributed by atoms with E-state index in [1.807, 2.05) is 0 Å². The second kappa shape index (κ2) is 8.81. The van der Waals surface area contributed by atoms with Crippen LogP contribution in [0.1, 0.15) is 108 Å². The van der Waals surface area contributed by atoms with Crippen molar-refractivity contribution >= 4 is 14.5 Å². The zero-order valence-electron chi connectivity index (χ0n) is 20.4. The Morgan fingerprint density at radius 2 is 1.38 bits per heavy atom. The molecule has 0 saturated heterocycles. The summed E-state index contributed by atoms with van der Waals surface area (Å²) >= 11 is 0. The van der Waals surface area contributed by atoms with Crippen LogP contribution in [0.5, 0.6) is 5.75 Å². The zero-order chi connectivity index (χ0) is 22.3. The molecule has 0 radical (unpaired) electrons. The van der Waals surface area contributed by atoms with Crippen molar-refractivity contribution in [2.45, 2.75) is 92.4 Å². The fourth-order valence-electron chi connectivity index (χ4n) is 4.57. The molecular weight excluding hydrogens is 371 g/mol. The third-order valence-electron chi connectivity index (χ3n) is 5.88. The average molecular weight is 413 g/mol. The predicted octanol–water partition coefficient (Wildman–Crippen LogP) is 7.84. The van der Waals surface area contributed by atoms with Gasteiger partial charge >= 0.3 is 0 Å². The molecule has 2 aromatic carbocycles. The van der Waals surface area contributed by atoms with Crippen molar-refractivity contribution in [1.29, 1.82) is 0 Å². The molecule has 0 amide bonds. The first kappa shape index (κ1) is 23.9. The Labute approximate surface area is 181 Å². The highest BCUT2D eigenvalue weighted by atomic mass is 31.0. The van der Waals surface area contributed by atoms with Crippen molar-refractivity contribution in [2.75, 3.05) is 7.11 Å². The van der Waals surface area contributed by atoms with Gasteiger partial charge < -0.3 is 4.74 Å². The normalized spacial score (nSPS) is 12.4. The summed E-state index contributed by atoms with van der Waals surface area (Å²) in [6, 6.07) is 6.82. The lowest BCUT2D eigenvalue weighted by molar-refractivity contribution is 0.408. The molecule has 1 nitrogen and oxygen atoms in total. The number of rotatable bonds is 5. The topological polar surface area (TPSA) is 9.23 Å². The van der Waals surface area contributed by atoms with Crippen molar-refractivity contribution in [3.05, 3.63) is 46.0 Å². The van der Waals surface area contributed by atoms with Gasteiger partial charge in [0.05, 0.1) is 7.11 Å². The first-order valence-corrected chi connectivity index (χ1v) is 11.5. The van der Waals surface area contributed by atoms with Crippen molar-refractivity contribution in [3.8, 4) is 16.9 Å². The average Bonchev–Trinajstić information content (AvgIpc) is 2.59. The molecule has 0 heterocycles. The van der Waals surface area contributed by atoms with Crippen LogP contribution in [0.4, 0.5) is 0 Å². The van der Waals surface area contributed by atoms with E-state index in [1.165, 1.54) is 44.2 Å². The fourth-order valence-corrected chi connectivity index (χ4v) is 5.48. The number of hydrogen-bond acceptors (Lipinski definition) is 1. The van der Waals surface area contributed by atoms with Crippen LogP contribution in [-0.2, 0) is 5.41 Å². The summed E-state index contributed by atoms with van der Waals surface area (Å²) in [5.74, 6) is 2.31. The lowest BCUT2D eigenvalue weighted by atomic mass is 9.75. The quantitative estimate of drug-likeness (QED) is 0.455. The Morgan fingerprint density at radius 1 is 0.828 bits per heavy atom. The molecule has 1 atom stereocenters. The largest absolute Gasteiger partial charge is 0.496 e. The summed E-state index contributed by atoms with van der Waals surface area (Å²) in [4.78, 5) is 0. The van der Waals surface area contributed by atoms with Crippen LogP contribution in [-0.4, -0.2) is 7.11 Å². The van der Waals surface area contributed by atoms with Gasteiger partial charge in [0.25, 0.3) is 0 Å². The summed E-state index contributed by atoms with van der Waals surface area (Å²) in [6.45, 7) is 23.0. The first-order chi connectivity index (χ1) is 13.3. The van der Waals surface area contributed by atoms with Gasteiger partial charge in [0.15, 0.2) is 0 Å². The molecule has 160 valence electrons. The van der Waals surface area contributed by atoms with Crippen molar-refractivity contribution < 1.29 is 4.74 Å². The van der Waals surface area contributed by atoms with Gasteiger partial charge in [0.1, 0.15) is 5.75 Å². The minimum Gasteiger partial charge on any atom is -0.496 e. The van der Waals surface area contributed by atoms with Crippen LogP contribution < -0.4 is 10.0 Å². The fraction of sp³-hybridized carbons (Fsp3) is 0.556. The number of hydrogen-bond donors (Lipinski definition) is 0. The van der Waals surface area contributed by atoms with Crippen LogP contribution in [0.2, 0.25) is 0 Å². The van der Waals surface area contributed by atoms with Gasteiger partial charge in [-0.3, -0.25) is 0 Å². The maximum absolute atomic E-state index is 5.82. The molecule has 0 saturated carbocycles. The van der Waals surface area contributed by atoms with Crippen LogP contribution in [0.25, 0.3) is 11.1 Å². The van der Waals surface area contributed by atoms with Crippen molar-refractivity contribution in [1.82, 2.24) is 0 Å². The van der Waals surface area contributed by atoms with Crippen LogP contribution in [0.3, 0.4) is 0 Å². The van der Waals surface area contributed by atoms with Gasteiger partial charge in [-0.2, -0.15) is 0 Å². The molecule has 0 aromatic heterocycles. The van der Waals surface area contributed by atoms with Crippen LogP contribution >= 0.6 is 9.24 Å². The van der Waals surface area contributed by atoms with Gasteiger partial charge in [-0.15, -0.1) is 9.24 Å². The lowest BCUT2D eigenvalue weighted by Gasteiger charge is -2.32. The van der Waals surface area contributed by atoms with E-state index >= 15 is 0 Å². The summed E-state index contributed by atoms with van der Waals surface area (Å²) in [7, 11) is 4.92. The minimum absolute atomic E-state index is 0.0751. The van der Waals surface area contributed by atoms with Gasteiger partial charge in [-0.1, -0.05) is 74.4 Å². The van der Waals surface area contributed by atoms with Gasteiger partial charge in [0, 0.05) is 5.56 Å².